The highest BCUT2D eigenvalue weighted by molar-refractivity contribution is 5.75. The van der Waals surface area contributed by atoms with Crippen LogP contribution in [0.15, 0.2) is 42.6 Å². The van der Waals surface area contributed by atoms with Gasteiger partial charge in [0.05, 0.1) is 18.8 Å². The van der Waals surface area contributed by atoms with Crippen LogP contribution in [0.3, 0.4) is 0 Å². The molecule has 0 radical (unpaired) electrons. The molecule has 0 bridgehead atoms. The number of aromatic nitrogens is 1. The van der Waals surface area contributed by atoms with Crippen molar-refractivity contribution in [2.45, 2.75) is 32.9 Å². The summed E-state index contributed by atoms with van der Waals surface area (Å²) in [6.07, 6.45) is 2.54. The van der Waals surface area contributed by atoms with Crippen LogP contribution in [0.4, 0.5) is 0 Å². The second-order valence-corrected chi connectivity index (χ2v) is 5.64. The zero-order valence-corrected chi connectivity index (χ0v) is 15.2. The molecule has 1 aromatic carbocycles. The third-order valence-electron chi connectivity index (χ3n) is 3.85. The molecule has 0 aliphatic heterocycles. The van der Waals surface area contributed by atoms with E-state index in [1.165, 1.54) is 0 Å². The number of carbonyl (C=O) groups is 2. The number of rotatable bonds is 11. The Balaban J connectivity index is 1.86. The third-order valence-corrected chi connectivity index (χ3v) is 3.85. The highest BCUT2D eigenvalue weighted by Crippen LogP contribution is 2.15. The topological polar surface area (TPSA) is 66.8 Å². The van der Waals surface area contributed by atoms with Crippen LogP contribution in [0.1, 0.15) is 29.9 Å². The molecule has 2 rings (SSSR count). The van der Waals surface area contributed by atoms with E-state index in [4.69, 9.17) is 14.2 Å². The van der Waals surface area contributed by atoms with Crippen LogP contribution in [-0.2, 0) is 27.2 Å². The highest BCUT2D eigenvalue weighted by Gasteiger charge is 2.20. The van der Waals surface area contributed by atoms with Gasteiger partial charge in [0.15, 0.2) is 12.4 Å². The summed E-state index contributed by atoms with van der Waals surface area (Å²) in [7, 11) is 0. The molecule has 0 unspecified atom stereocenters. The molecule has 6 heteroatoms. The van der Waals surface area contributed by atoms with Crippen molar-refractivity contribution >= 4 is 12.3 Å². The molecule has 0 aliphatic rings. The first kappa shape index (κ1) is 19.7. The van der Waals surface area contributed by atoms with Gasteiger partial charge in [-0.3, -0.25) is 4.79 Å². The molecule has 0 amide bonds. The number of aldehydes is 1. The van der Waals surface area contributed by atoms with E-state index in [0.717, 1.165) is 17.6 Å². The van der Waals surface area contributed by atoms with E-state index in [0.29, 0.717) is 38.5 Å². The fraction of sp³-hybridized carbons (Fsp3) is 0.400. The number of esters is 1. The van der Waals surface area contributed by atoms with Crippen LogP contribution in [0, 0.1) is 0 Å². The molecule has 1 aromatic heterocycles. The lowest BCUT2D eigenvalue weighted by molar-refractivity contribution is -0.156. The lowest BCUT2D eigenvalue weighted by Crippen LogP contribution is -2.28. The second kappa shape index (κ2) is 10.4. The number of carbonyl (C=O) groups excluding carboxylic acids is 2. The molecule has 0 saturated carbocycles. The number of benzene rings is 1. The van der Waals surface area contributed by atoms with Gasteiger partial charge in [-0.05, 0) is 43.7 Å². The normalized spacial score (nSPS) is 11.8. The minimum atomic E-state index is -0.595. The second-order valence-electron chi connectivity index (χ2n) is 5.64. The summed E-state index contributed by atoms with van der Waals surface area (Å²) >= 11 is 0. The van der Waals surface area contributed by atoms with Crippen molar-refractivity contribution in [3.8, 4) is 5.75 Å². The highest BCUT2D eigenvalue weighted by atomic mass is 16.6. The zero-order chi connectivity index (χ0) is 18.8. The van der Waals surface area contributed by atoms with E-state index < -0.39 is 6.10 Å². The number of nitrogens with zero attached hydrogens (tertiary/aromatic N) is 1. The summed E-state index contributed by atoms with van der Waals surface area (Å²) in [5.41, 5.74) is 1.60. The predicted octanol–water partition coefficient (Wildman–Crippen LogP) is 2.89. The molecule has 2 aromatic rings. The molecule has 6 nitrogen and oxygen atoms in total. The van der Waals surface area contributed by atoms with Crippen molar-refractivity contribution in [2.75, 3.05) is 19.8 Å². The van der Waals surface area contributed by atoms with Crippen LogP contribution in [0.2, 0.25) is 0 Å². The Morgan fingerprint density at radius 1 is 1.15 bits per heavy atom. The van der Waals surface area contributed by atoms with Gasteiger partial charge in [0.25, 0.3) is 0 Å². The minimum absolute atomic E-state index is 0.336. The van der Waals surface area contributed by atoms with Crippen molar-refractivity contribution in [3.63, 3.8) is 0 Å². The first-order valence-electron chi connectivity index (χ1n) is 8.78. The lowest BCUT2D eigenvalue weighted by atomic mass is 10.1. The number of hydrogen-bond donors (Lipinski definition) is 0. The van der Waals surface area contributed by atoms with Crippen LogP contribution >= 0.6 is 0 Å². The largest absolute Gasteiger partial charge is 0.492 e. The van der Waals surface area contributed by atoms with Crippen molar-refractivity contribution in [2.24, 2.45) is 0 Å². The first-order valence-corrected chi connectivity index (χ1v) is 8.78. The van der Waals surface area contributed by atoms with Gasteiger partial charge in [-0.25, -0.2) is 4.79 Å². The SMILES string of the molecule is CCOC(=O)[C@H](Cc1ccc(OCCn2cccc2C=O)cc1)OCC. The van der Waals surface area contributed by atoms with Crippen molar-refractivity contribution in [1.29, 1.82) is 0 Å². The molecule has 1 heterocycles. The summed E-state index contributed by atoms with van der Waals surface area (Å²) < 4.78 is 18.1. The molecule has 0 saturated heterocycles. The summed E-state index contributed by atoms with van der Waals surface area (Å²) in [6.45, 7) is 5.47. The Morgan fingerprint density at radius 3 is 2.58 bits per heavy atom. The van der Waals surface area contributed by atoms with Crippen molar-refractivity contribution in [3.05, 3.63) is 53.9 Å². The van der Waals surface area contributed by atoms with Gasteiger partial charge in [0.1, 0.15) is 12.4 Å². The van der Waals surface area contributed by atoms with Crippen LogP contribution in [0.25, 0.3) is 0 Å². The van der Waals surface area contributed by atoms with Crippen LogP contribution in [-0.4, -0.2) is 42.7 Å². The van der Waals surface area contributed by atoms with E-state index in [1.807, 2.05) is 48.0 Å². The minimum Gasteiger partial charge on any atom is -0.492 e. The van der Waals surface area contributed by atoms with Crippen molar-refractivity contribution < 1.29 is 23.8 Å². The molecule has 140 valence electrons. The number of ether oxygens (including phenoxy) is 3. The van der Waals surface area contributed by atoms with Gasteiger partial charge < -0.3 is 18.8 Å². The summed E-state index contributed by atoms with van der Waals surface area (Å²) in [4.78, 5) is 22.8. The lowest BCUT2D eigenvalue weighted by Gasteiger charge is -2.16. The molecule has 0 spiro atoms. The molecular weight excluding hydrogens is 334 g/mol. The summed E-state index contributed by atoms with van der Waals surface area (Å²) in [5, 5.41) is 0. The van der Waals surface area contributed by atoms with Gasteiger partial charge >= 0.3 is 5.97 Å². The van der Waals surface area contributed by atoms with Gasteiger partial charge in [-0.1, -0.05) is 12.1 Å². The fourth-order valence-corrected chi connectivity index (χ4v) is 2.58. The predicted molar refractivity (Wildman–Crippen MR) is 97.5 cm³/mol. The van der Waals surface area contributed by atoms with E-state index >= 15 is 0 Å². The summed E-state index contributed by atoms with van der Waals surface area (Å²) in [5.74, 6) is 0.394. The Hall–Kier alpha value is -2.60. The fourth-order valence-electron chi connectivity index (χ4n) is 2.58. The summed E-state index contributed by atoms with van der Waals surface area (Å²) in [6, 6.07) is 11.1. The van der Waals surface area contributed by atoms with E-state index in [9.17, 15) is 9.59 Å². The van der Waals surface area contributed by atoms with Gasteiger partial charge in [0, 0.05) is 19.2 Å². The molecule has 0 aliphatic carbocycles. The van der Waals surface area contributed by atoms with Gasteiger partial charge in [-0.15, -0.1) is 0 Å². The molecule has 26 heavy (non-hydrogen) atoms. The maximum absolute atomic E-state index is 11.9. The molecule has 0 N–H and O–H groups in total. The number of hydrogen-bond acceptors (Lipinski definition) is 5. The standard InChI is InChI=1S/C20H25NO5/c1-3-24-19(20(23)25-4-2)14-16-7-9-18(10-8-16)26-13-12-21-11-5-6-17(21)15-22/h5-11,15,19H,3-4,12-14H2,1-2H3/t19-/m0/s1. The third kappa shape index (κ3) is 5.74. The molecular formula is C20H25NO5. The maximum Gasteiger partial charge on any atom is 0.335 e. The average Bonchev–Trinajstić information content (AvgIpc) is 3.10. The molecule has 1 atom stereocenters. The van der Waals surface area contributed by atoms with Crippen LogP contribution in [0.5, 0.6) is 5.75 Å². The smallest absolute Gasteiger partial charge is 0.335 e. The monoisotopic (exact) mass is 359 g/mol. The van der Waals surface area contributed by atoms with Crippen molar-refractivity contribution in [1.82, 2.24) is 4.57 Å². The quantitative estimate of drug-likeness (QED) is 0.456. The first-order chi connectivity index (χ1) is 12.7. The van der Waals surface area contributed by atoms with Gasteiger partial charge in [0.2, 0.25) is 0 Å². The van der Waals surface area contributed by atoms with E-state index in [-0.39, 0.29) is 5.97 Å². The Morgan fingerprint density at radius 2 is 1.92 bits per heavy atom. The Kier molecular flexibility index (Phi) is 7.89. The molecule has 0 fully saturated rings. The zero-order valence-electron chi connectivity index (χ0n) is 15.2. The maximum atomic E-state index is 11.9. The van der Waals surface area contributed by atoms with E-state index in [1.54, 1.807) is 13.0 Å². The Labute approximate surface area is 153 Å². The van der Waals surface area contributed by atoms with Gasteiger partial charge in [-0.2, -0.15) is 0 Å². The Bertz CT molecular complexity index is 692. The van der Waals surface area contributed by atoms with E-state index in [2.05, 4.69) is 0 Å². The van der Waals surface area contributed by atoms with Crippen LogP contribution < -0.4 is 4.74 Å². The average molecular weight is 359 g/mol.